The molecular weight excluding hydrogens is 478 g/mol. The van der Waals surface area contributed by atoms with Crippen LogP contribution < -0.4 is 5.73 Å². The van der Waals surface area contributed by atoms with E-state index < -0.39 is 29.2 Å². The van der Waals surface area contributed by atoms with Crippen molar-refractivity contribution >= 4 is 5.84 Å². The Labute approximate surface area is 192 Å². The summed E-state index contributed by atoms with van der Waals surface area (Å²) in [5.74, 6) is -2.86. The monoisotopic (exact) mass is 492 g/mol. The highest BCUT2D eigenvalue weighted by molar-refractivity contribution is 5.97. The number of hydrogen-bond donors (Lipinski definition) is 2. The van der Waals surface area contributed by atoms with Crippen LogP contribution in [0, 0.1) is 17.5 Å². The number of imidazole rings is 1. The maximum Gasteiger partial charge on any atom is 0.416 e. The zero-order valence-electron chi connectivity index (χ0n) is 17.5. The Morgan fingerprint density at radius 3 is 2.57 bits per heavy atom. The number of aromatic amines is 1. The molecule has 0 atom stereocenters. The largest absolute Gasteiger partial charge is 0.416 e. The van der Waals surface area contributed by atoms with E-state index in [9.17, 15) is 26.3 Å². The van der Waals surface area contributed by atoms with Gasteiger partial charge in [0.15, 0.2) is 23.2 Å². The zero-order valence-corrected chi connectivity index (χ0v) is 17.5. The molecule has 0 amide bonds. The van der Waals surface area contributed by atoms with Gasteiger partial charge in [0.2, 0.25) is 0 Å². The summed E-state index contributed by atoms with van der Waals surface area (Å²) in [4.78, 5) is 7.13. The van der Waals surface area contributed by atoms with E-state index in [-0.39, 0.29) is 53.0 Å². The summed E-state index contributed by atoms with van der Waals surface area (Å²) < 4.78 is 85.5. The molecular formula is C22H14F6N6O. The van der Waals surface area contributed by atoms with Gasteiger partial charge < -0.3 is 15.2 Å². The van der Waals surface area contributed by atoms with Crippen molar-refractivity contribution in [2.45, 2.75) is 19.3 Å². The van der Waals surface area contributed by atoms with Gasteiger partial charge in [-0.15, -0.1) is 0 Å². The molecule has 0 bridgehead atoms. The van der Waals surface area contributed by atoms with Crippen molar-refractivity contribution in [3.05, 3.63) is 82.6 Å². The van der Waals surface area contributed by atoms with Crippen LogP contribution in [0.25, 0.3) is 22.6 Å². The molecule has 180 valence electrons. The van der Waals surface area contributed by atoms with Gasteiger partial charge in [-0.05, 0) is 30.3 Å². The number of halogens is 6. The van der Waals surface area contributed by atoms with Crippen molar-refractivity contribution in [1.82, 2.24) is 20.1 Å². The van der Waals surface area contributed by atoms with Crippen LogP contribution in [0.5, 0.6) is 0 Å². The van der Waals surface area contributed by atoms with E-state index in [0.29, 0.717) is 11.8 Å². The summed E-state index contributed by atoms with van der Waals surface area (Å²) in [6.07, 6.45) is -4.67. The molecule has 0 aliphatic carbocycles. The zero-order chi connectivity index (χ0) is 24.9. The van der Waals surface area contributed by atoms with Crippen LogP contribution in [0.3, 0.4) is 0 Å². The highest BCUT2D eigenvalue weighted by atomic mass is 19.4. The number of nitrogens with one attached hydrogen (secondary N) is 1. The number of aromatic nitrogens is 3. The van der Waals surface area contributed by atoms with Crippen molar-refractivity contribution in [1.29, 1.82) is 0 Å². The van der Waals surface area contributed by atoms with Crippen LogP contribution in [-0.4, -0.2) is 26.0 Å². The molecule has 7 nitrogen and oxygen atoms in total. The Bertz CT molecular complexity index is 1460. The fraction of sp³-hybridized carbons (Fsp3) is 0.136. The molecule has 2 aromatic carbocycles. The number of nitrogens with two attached hydrogens (primary N) is 1. The van der Waals surface area contributed by atoms with E-state index in [4.69, 9.17) is 10.3 Å². The number of alkyl halides is 3. The maximum atomic E-state index is 14.3. The average Bonchev–Trinajstić information content (AvgIpc) is 3.42. The number of amidine groups is 1. The molecule has 3 heterocycles. The van der Waals surface area contributed by atoms with Gasteiger partial charge in [0.05, 0.1) is 29.9 Å². The van der Waals surface area contributed by atoms with Crippen molar-refractivity contribution < 1.29 is 30.9 Å². The number of fused-ring (bicyclic) bond motifs is 1. The number of rotatable bonds is 4. The van der Waals surface area contributed by atoms with E-state index in [1.165, 1.54) is 23.2 Å². The Kier molecular flexibility index (Phi) is 5.26. The third-order valence-corrected chi connectivity index (χ3v) is 5.29. The number of H-pyrrole nitrogens is 1. The number of nitrogens with zero attached hydrogens (tertiary/aromatic N) is 4. The minimum atomic E-state index is -4.67. The van der Waals surface area contributed by atoms with E-state index in [1.807, 2.05) is 0 Å². The molecule has 0 radical (unpaired) electrons. The second-order valence-corrected chi connectivity index (χ2v) is 7.69. The molecule has 0 fully saturated rings. The molecule has 13 heteroatoms. The SMILES string of the molecule is NC1=NN(Cc2cc(-c3ccc(C(F)(F)F)cc3F)no2)Cc2[nH]c(-c3cccc(F)c3F)nc21. The Morgan fingerprint density at radius 2 is 1.83 bits per heavy atom. The first-order valence-electron chi connectivity index (χ1n) is 10.1. The minimum absolute atomic E-state index is 0.00582. The number of benzene rings is 2. The predicted octanol–water partition coefficient (Wildman–Crippen LogP) is 4.80. The molecule has 35 heavy (non-hydrogen) atoms. The summed E-state index contributed by atoms with van der Waals surface area (Å²) in [6, 6.07) is 7.18. The van der Waals surface area contributed by atoms with E-state index in [2.05, 4.69) is 20.2 Å². The molecule has 5 rings (SSSR count). The highest BCUT2D eigenvalue weighted by Gasteiger charge is 2.31. The number of hydrazone groups is 1. The molecule has 2 aromatic heterocycles. The second kappa shape index (κ2) is 8.18. The van der Waals surface area contributed by atoms with Crippen molar-refractivity contribution in [2.75, 3.05) is 0 Å². The van der Waals surface area contributed by atoms with Gasteiger partial charge in [-0.1, -0.05) is 11.2 Å². The average molecular weight is 492 g/mol. The molecule has 3 N–H and O–H groups in total. The first kappa shape index (κ1) is 22.5. The van der Waals surface area contributed by atoms with Gasteiger partial charge in [0.1, 0.15) is 23.0 Å². The first-order valence-corrected chi connectivity index (χ1v) is 10.1. The molecule has 1 aliphatic heterocycles. The van der Waals surface area contributed by atoms with Crippen LogP contribution in [0.2, 0.25) is 0 Å². The predicted molar refractivity (Wildman–Crippen MR) is 111 cm³/mol. The summed E-state index contributed by atoms with van der Waals surface area (Å²) in [5.41, 5.74) is 5.41. The Morgan fingerprint density at radius 1 is 1.03 bits per heavy atom. The molecule has 0 unspecified atom stereocenters. The van der Waals surface area contributed by atoms with Crippen molar-refractivity contribution in [3.8, 4) is 22.6 Å². The third-order valence-electron chi connectivity index (χ3n) is 5.29. The lowest BCUT2D eigenvalue weighted by Crippen LogP contribution is -2.30. The lowest BCUT2D eigenvalue weighted by atomic mass is 10.1. The molecule has 0 spiro atoms. The fourth-order valence-electron chi connectivity index (χ4n) is 3.65. The summed E-state index contributed by atoms with van der Waals surface area (Å²) in [6.45, 7) is 0.169. The van der Waals surface area contributed by atoms with Gasteiger partial charge in [-0.3, -0.25) is 5.01 Å². The fourth-order valence-corrected chi connectivity index (χ4v) is 3.65. The molecule has 4 aromatic rings. The van der Waals surface area contributed by atoms with Crippen molar-refractivity contribution in [3.63, 3.8) is 0 Å². The van der Waals surface area contributed by atoms with E-state index in [0.717, 1.165) is 18.2 Å². The van der Waals surface area contributed by atoms with Gasteiger partial charge >= 0.3 is 6.18 Å². The van der Waals surface area contributed by atoms with Crippen LogP contribution in [0.15, 0.2) is 52.1 Å². The molecule has 0 saturated carbocycles. The van der Waals surface area contributed by atoms with E-state index in [1.54, 1.807) is 0 Å². The van der Waals surface area contributed by atoms with Gasteiger partial charge in [0.25, 0.3) is 0 Å². The van der Waals surface area contributed by atoms with Crippen LogP contribution in [0.4, 0.5) is 26.3 Å². The summed E-state index contributed by atoms with van der Waals surface area (Å²) >= 11 is 0. The van der Waals surface area contributed by atoms with E-state index >= 15 is 0 Å². The summed E-state index contributed by atoms with van der Waals surface area (Å²) in [7, 11) is 0. The topological polar surface area (TPSA) is 96.3 Å². The number of hydrogen-bond acceptors (Lipinski definition) is 6. The smallest absolute Gasteiger partial charge is 0.380 e. The summed E-state index contributed by atoms with van der Waals surface area (Å²) in [5, 5.41) is 9.39. The molecule has 1 aliphatic rings. The molecule has 0 saturated heterocycles. The van der Waals surface area contributed by atoms with Crippen LogP contribution >= 0.6 is 0 Å². The standard InChI is InChI=1S/C22H14F6N6O/c23-14-3-1-2-13(18(14)25)21-30-17-9-34(32-20(29)19(17)31-21)8-11-7-16(33-35-11)12-5-4-10(6-15(12)24)22(26,27)28/h1-7H,8-9H2,(H2,29,32)(H,30,31). The highest BCUT2D eigenvalue weighted by Crippen LogP contribution is 2.33. The maximum absolute atomic E-state index is 14.3. The lowest BCUT2D eigenvalue weighted by molar-refractivity contribution is -0.137. The first-order chi connectivity index (χ1) is 16.6. The van der Waals surface area contributed by atoms with Crippen LogP contribution in [-0.2, 0) is 19.3 Å². The quantitative estimate of drug-likeness (QED) is 0.399. The lowest BCUT2D eigenvalue weighted by Gasteiger charge is -2.21. The van der Waals surface area contributed by atoms with Gasteiger partial charge in [0, 0.05) is 11.6 Å². The Hall–Kier alpha value is -4.29. The Balaban J connectivity index is 1.35. The second-order valence-electron chi connectivity index (χ2n) is 7.69. The normalized spacial score (nSPS) is 13.7. The third kappa shape index (κ3) is 4.20. The minimum Gasteiger partial charge on any atom is -0.380 e. The van der Waals surface area contributed by atoms with Gasteiger partial charge in [-0.2, -0.15) is 18.3 Å². The van der Waals surface area contributed by atoms with Crippen molar-refractivity contribution in [2.24, 2.45) is 10.8 Å². The van der Waals surface area contributed by atoms with Crippen LogP contribution in [0.1, 0.15) is 22.7 Å². The van der Waals surface area contributed by atoms with Gasteiger partial charge in [-0.25, -0.2) is 18.2 Å².